The zero-order chi connectivity index (χ0) is 15.1. The first-order valence-corrected chi connectivity index (χ1v) is 6.73. The molecule has 0 aliphatic carbocycles. The minimum Gasteiger partial charge on any atom is -0.398 e. The molecule has 4 N–H and O–H groups in total. The number of nitrogen functional groups attached to an aromatic ring is 1. The number of nitrogens with one attached hydrogen (secondary N) is 2. The van der Waals surface area contributed by atoms with Crippen LogP contribution in [0.5, 0.6) is 0 Å². The van der Waals surface area contributed by atoms with E-state index in [1.165, 1.54) is 0 Å². The highest BCUT2D eigenvalue weighted by Gasteiger charge is 2.13. The van der Waals surface area contributed by atoms with Crippen molar-refractivity contribution in [2.45, 2.75) is 33.2 Å². The van der Waals surface area contributed by atoms with Crippen LogP contribution in [0.2, 0.25) is 0 Å². The van der Waals surface area contributed by atoms with Gasteiger partial charge in [-0.05, 0) is 36.6 Å². The lowest BCUT2D eigenvalue weighted by Gasteiger charge is -2.17. The Labute approximate surface area is 120 Å². The van der Waals surface area contributed by atoms with Gasteiger partial charge in [0.05, 0.1) is 12.5 Å². The molecule has 0 aliphatic rings. The fourth-order valence-corrected chi connectivity index (χ4v) is 1.71. The maximum atomic E-state index is 11.9. The van der Waals surface area contributed by atoms with Gasteiger partial charge in [0.15, 0.2) is 0 Å². The van der Waals surface area contributed by atoms with Gasteiger partial charge >= 0.3 is 0 Å². The van der Waals surface area contributed by atoms with Crippen molar-refractivity contribution in [3.63, 3.8) is 0 Å². The third-order valence-corrected chi connectivity index (χ3v) is 2.87. The van der Waals surface area contributed by atoms with Gasteiger partial charge in [-0.1, -0.05) is 13.8 Å². The van der Waals surface area contributed by atoms with Crippen molar-refractivity contribution >= 4 is 17.3 Å². The van der Waals surface area contributed by atoms with E-state index in [1.807, 2.05) is 26.0 Å². The molecule has 5 nitrogen and oxygen atoms in total. The summed E-state index contributed by atoms with van der Waals surface area (Å²) >= 11 is 0. The smallest absolute Gasteiger partial charge is 0.242 e. The summed E-state index contributed by atoms with van der Waals surface area (Å²) in [5.74, 6) is 0.377. The number of benzene rings is 1. The summed E-state index contributed by atoms with van der Waals surface area (Å²) in [5, 5.41) is 14.7. The van der Waals surface area contributed by atoms with Crippen LogP contribution in [-0.4, -0.2) is 18.5 Å². The van der Waals surface area contributed by atoms with Crippen molar-refractivity contribution in [3.05, 3.63) is 23.8 Å². The van der Waals surface area contributed by atoms with Gasteiger partial charge in [0, 0.05) is 17.9 Å². The lowest BCUT2D eigenvalue weighted by atomic mass is 10.1. The summed E-state index contributed by atoms with van der Waals surface area (Å²) < 4.78 is 0. The van der Waals surface area contributed by atoms with Gasteiger partial charge in [-0.2, -0.15) is 5.26 Å². The lowest BCUT2D eigenvalue weighted by molar-refractivity contribution is -0.121. The molecular weight excluding hydrogens is 252 g/mol. The van der Waals surface area contributed by atoms with Crippen LogP contribution in [-0.2, 0) is 11.2 Å². The fraction of sp³-hybridized carbons (Fsp3) is 0.467. The maximum Gasteiger partial charge on any atom is 0.242 e. The molecule has 1 unspecified atom stereocenters. The predicted octanol–water partition coefficient (Wildman–Crippen LogP) is 1.91. The highest BCUT2D eigenvalue weighted by atomic mass is 16.2. The van der Waals surface area contributed by atoms with Crippen molar-refractivity contribution < 1.29 is 4.79 Å². The topological polar surface area (TPSA) is 90.9 Å². The molecule has 0 heterocycles. The van der Waals surface area contributed by atoms with Crippen molar-refractivity contribution in [3.8, 4) is 6.07 Å². The van der Waals surface area contributed by atoms with Crippen LogP contribution in [0.25, 0.3) is 0 Å². The first kappa shape index (κ1) is 15.8. The molecule has 1 aromatic rings. The molecule has 1 rings (SSSR count). The SMILES string of the molecule is CC(C)CNC(=O)C(C)Nc1ccc(N)c(CC#N)c1. The van der Waals surface area contributed by atoms with E-state index in [0.29, 0.717) is 18.2 Å². The van der Waals surface area contributed by atoms with Gasteiger partial charge in [-0.25, -0.2) is 0 Å². The third-order valence-electron chi connectivity index (χ3n) is 2.87. The zero-order valence-electron chi connectivity index (χ0n) is 12.2. The maximum absolute atomic E-state index is 11.9. The zero-order valence-corrected chi connectivity index (χ0v) is 12.2. The van der Waals surface area contributed by atoms with Gasteiger partial charge in [0.2, 0.25) is 5.91 Å². The first-order chi connectivity index (χ1) is 9.43. The number of amides is 1. The molecule has 20 heavy (non-hydrogen) atoms. The molecule has 0 aliphatic heterocycles. The quantitative estimate of drug-likeness (QED) is 0.691. The van der Waals surface area contributed by atoms with E-state index in [2.05, 4.69) is 16.7 Å². The highest BCUT2D eigenvalue weighted by Crippen LogP contribution is 2.18. The molecule has 1 amide bonds. The molecule has 0 saturated carbocycles. The van der Waals surface area contributed by atoms with Gasteiger partial charge < -0.3 is 16.4 Å². The van der Waals surface area contributed by atoms with Crippen LogP contribution in [0, 0.1) is 17.2 Å². The van der Waals surface area contributed by atoms with Crippen molar-refractivity contribution in [1.82, 2.24) is 5.32 Å². The monoisotopic (exact) mass is 274 g/mol. The number of nitriles is 1. The van der Waals surface area contributed by atoms with E-state index >= 15 is 0 Å². The Balaban J connectivity index is 2.66. The molecule has 108 valence electrons. The molecule has 1 aromatic carbocycles. The number of hydrogen-bond donors (Lipinski definition) is 3. The summed E-state index contributed by atoms with van der Waals surface area (Å²) in [7, 11) is 0. The van der Waals surface area contributed by atoms with Crippen molar-refractivity contribution in [2.75, 3.05) is 17.6 Å². The Bertz CT molecular complexity index is 505. The molecule has 0 aromatic heterocycles. The number of rotatable bonds is 6. The number of hydrogen-bond acceptors (Lipinski definition) is 4. The summed E-state index contributed by atoms with van der Waals surface area (Å²) in [4.78, 5) is 11.9. The van der Waals surface area contributed by atoms with Gasteiger partial charge in [0.25, 0.3) is 0 Å². The van der Waals surface area contributed by atoms with Gasteiger partial charge in [-0.3, -0.25) is 4.79 Å². The van der Waals surface area contributed by atoms with Gasteiger partial charge in [-0.15, -0.1) is 0 Å². The Kier molecular flexibility index (Phi) is 5.85. The number of carbonyl (C=O) groups is 1. The minimum atomic E-state index is -0.340. The summed E-state index contributed by atoms with van der Waals surface area (Å²) in [6.45, 7) is 6.56. The largest absolute Gasteiger partial charge is 0.398 e. The van der Waals surface area contributed by atoms with Crippen LogP contribution < -0.4 is 16.4 Å². The second kappa shape index (κ2) is 7.39. The summed E-state index contributed by atoms with van der Waals surface area (Å²) in [5.41, 5.74) is 7.94. The van der Waals surface area contributed by atoms with E-state index < -0.39 is 0 Å². The molecular formula is C15H22N4O. The highest BCUT2D eigenvalue weighted by molar-refractivity contribution is 5.84. The third kappa shape index (κ3) is 4.81. The van der Waals surface area contributed by atoms with E-state index in [1.54, 1.807) is 13.0 Å². The normalized spacial score (nSPS) is 11.8. The van der Waals surface area contributed by atoms with E-state index in [9.17, 15) is 4.79 Å². The average molecular weight is 274 g/mol. The second-order valence-corrected chi connectivity index (χ2v) is 5.25. The van der Waals surface area contributed by atoms with Crippen molar-refractivity contribution in [1.29, 1.82) is 5.26 Å². The number of nitrogens with zero attached hydrogens (tertiary/aromatic N) is 1. The summed E-state index contributed by atoms with van der Waals surface area (Å²) in [6.07, 6.45) is 0.259. The van der Waals surface area contributed by atoms with Crippen LogP contribution in [0.3, 0.4) is 0 Å². The molecule has 5 heteroatoms. The lowest BCUT2D eigenvalue weighted by Crippen LogP contribution is -2.39. The fourth-order valence-electron chi connectivity index (χ4n) is 1.71. The molecule has 0 fully saturated rings. The van der Waals surface area contributed by atoms with E-state index in [-0.39, 0.29) is 18.4 Å². The number of nitrogens with two attached hydrogens (primary N) is 1. The van der Waals surface area contributed by atoms with E-state index in [4.69, 9.17) is 11.0 Å². The minimum absolute atomic E-state index is 0.0441. The molecule has 1 atom stereocenters. The second-order valence-electron chi connectivity index (χ2n) is 5.25. The molecule has 0 bridgehead atoms. The predicted molar refractivity (Wildman–Crippen MR) is 81.1 cm³/mol. The Hall–Kier alpha value is -2.22. The first-order valence-electron chi connectivity index (χ1n) is 6.73. The van der Waals surface area contributed by atoms with E-state index in [0.717, 1.165) is 11.3 Å². The number of carbonyl (C=O) groups excluding carboxylic acids is 1. The van der Waals surface area contributed by atoms with Crippen LogP contribution >= 0.6 is 0 Å². The number of anilines is 2. The molecule has 0 radical (unpaired) electrons. The average Bonchev–Trinajstić information content (AvgIpc) is 2.40. The van der Waals surface area contributed by atoms with Crippen molar-refractivity contribution in [2.24, 2.45) is 5.92 Å². The van der Waals surface area contributed by atoms with Crippen LogP contribution in [0.4, 0.5) is 11.4 Å². The Morgan fingerprint density at radius 2 is 2.10 bits per heavy atom. The van der Waals surface area contributed by atoms with Gasteiger partial charge in [0.1, 0.15) is 6.04 Å². The summed E-state index contributed by atoms with van der Waals surface area (Å²) in [6, 6.07) is 7.10. The van der Waals surface area contributed by atoms with Crippen LogP contribution in [0.1, 0.15) is 26.3 Å². The Morgan fingerprint density at radius 1 is 1.40 bits per heavy atom. The molecule has 0 spiro atoms. The Morgan fingerprint density at radius 3 is 2.70 bits per heavy atom. The molecule has 0 saturated heterocycles. The standard InChI is InChI=1S/C15H22N4O/c1-10(2)9-18-15(20)11(3)19-13-4-5-14(17)12(8-13)6-7-16/h4-5,8,10-11,19H,6,9,17H2,1-3H3,(H,18,20). The van der Waals surface area contributed by atoms with Crippen LogP contribution in [0.15, 0.2) is 18.2 Å².